The van der Waals surface area contributed by atoms with Gasteiger partial charge >= 0.3 is 0 Å². The second kappa shape index (κ2) is 6.13. The van der Waals surface area contributed by atoms with Crippen LogP contribution in [0.2, 0.25) is 18.1 Å². The van der Waals surface area contributed by atoms with Crippen molar-refractivity contribution in [1.29, 1.82) is 0 Å². The molecule has 5 aliphatic carbocycles. The lowest BCUT2D eigenvalue weighted by molar-refractivity contribution is -0.128. The van der Waals surface area contributed by atoms with Gasteiger partial charge in [0.2, 0.25) is 0 Å². The van der Waals surface area contributed by atoms with E-state index in [-0.39, 0.29) is 15.8 Å². The molecule has 0 aliphatic heterocycles. The van der Waals surface area contributed by atoms with Crippen LogP contribution in [0.15, 0.2) is 0 Å². The van der Waals surface area contributed by atoms with Crippen molar-refractivity contribution in [1.82, 2.24) is 0 Å². The fraction of sp³-hybridized carbons (Fsp3) is 0.960. The lowest BCUT2D eigenvalue weighted by Gasteiger charge is -2.55. The number of rotatable bonds is 2. The monoisotopic (exact) mass is 436 g/mol. The summed E-state index contributed by atoms with van der Waals surface area (Å²) in [5, 5.41) is 0.540. The van der Waals surface area contributed by atoms with E-state index < -0.39 is 8.32 Å². The van der Waals surface area contributed by atoms with Gasteiger partial charge in [0, 0.05) is 23.6 Å². The molecule has 0 saturated heterocycles. The highest BCUT2D eigenvalue weighted by molar-refractivity contribution is 6.74. The number of carbonyl (C=O) groups excluding carboxylic acids is 1. The van der Waals surface area contributed by atoms with Crippen molar-refractivity contribution in [3.05, 3.63) is 0 Å². The fourth-order valence-corrected chi connectivity index (χ4v) is 10.9. The minimum absolute atomic E-state index is 0.175. The van der Waals surface area contributed by atoms with Crippen LogP contribution >= 0.6 is 11.6 Å². The van der Waals surface area contributed by atoms with E-state index in [1.54, 1.807) is 0 Å². The van der Waals surface area contributed by atoms with Crippen molar-refractivity contribution < 1.29 is 9.22 Å². The molecule has 2 nitrogen and oxygen atoms in total. The topological polar surface area (TPSA) is 26.3 Å². The first-order chi connectivity index (χ1) is 13.4. The van der Waals surface area contributed by atoms with Gasteiger partial charge in [-0.3, -0.25) is 4.79 Å². The molecule has 0 aromatic rings. The Balaban J connectivity index is 1.40. The average molecular weight is 437 g/mol. The summed E-state index contributed by atoms with van der Waals surface area (Å²) in [4.78, 5) is 12.3. The maximum atomic E-state index is 12.3. The normalized spacial score (nSPS) is 51.7. The summed E-state index contributed by atoms with van der Waals surface area (Å²) in [6.07, 6.45) is 10.8. The molecule has 0 bridgehead atoms. The minimum atomic E-state index is -1.75. The Morgan fingerprint density at radius 3 is 2.45 bits per heavy atom. The maximum Gasteiger partial charge on any atom is 0.192 e. The summed E-state index contributed by atoms with van der Waals surface area (Å²) in [6.45, 7) is 14.5. The van der Waals surface area contributed by atoms with E-state index in [0.29, 0.717) is 22.7 Å². The number of hydrogen-bond donors (Lipinski definition) is 0. The number of halogens is 1. The van der Waals surface area contributed by atoms with Gasteiger partial charge in [-0.25, -0.2) is 0 Å². The van der Waals surface area contributed by atoms with Gasteiger partial charge in [0.15, 0.2) is 8.32 Å². The van der Waals surface area contributed by atoms with Crippen LogP contribution in [0.5, 0.6) is 0 Å². The van der Waals surface area contributed by atoms with Gasteiger partial charge in [-0.15, -0.1) is 11.6 Å². The number of alkyl halides is 1. The molecule has 4 heteroatoms. The van der Waals surface area contributed by atoms with Gasteiger partial charge in [-0.05, 0) is 91.7 Å². The van der Waals surface area contributed by atoms with Crippen LogP contribution < -0.4 is 0 Å². The molecule has 5 aliphatic rings. The van der Waals surface area contributed by atoms with Gasteiger partial charge in [0.25, 0.3) is 0 Å². The van der Waals surface area contributed by atoms with Crippen molar-refractivity contribution >= 4 is 25.7 Å². The van der Waals surface area contributed by atoms with E-state index in [4.69, 9.17) is 16.0 Å². The van der Waals surface area contributed by atoms with Crippen molar-refractivity contribution in [2.75, 3.05) is 0 Å². The highest BCUT2D eigenvalue weighted by atomic mass is 35.5. The third kappa shape index (κ3) is 2.53. The van der Waals surface area contributed by atoms with Crippen LogP contribution in [0.25, 0.3) is 0 Å². The second-order valence-corrected chi connectivity index (χ2v) is 18.4. The molecule has 0 heterocycles. The van der Waals surface area contributed by atoms with Crippen molar-refractivity contribution in [3.8, 4) is 0 Å². The molecular formula is C25H41ClO2Si. The molecule has 0 amide bonds. The van der Waals surface area contributed by atoms with Crippen LogP contribution in [0.3, 0.4) is 0 Å². The van der Waals surface area contributed by atoms with E-state index in [9.17, 15) is 4.79 Å². The van der Waals surface area contributed by atoms with Gasteiger partial charge in [0.05, 0.1) is 6.10 Å². The van der Waals surface area contributed by atoms with Crippen LogP contribution in [0.1, 0.15) is 85.5 Å². The van der Waals surface area contributed by atoms with E-state index >= 15 is 0 Å². The highest BCUT2D eigenvalue weighted by Crippen LogP contribution is 2.84. The molecule has 0 aromatic carbocycles. The lowest BCUT2D eigenvalue weighted by Crippen LogP contribution is -2.53. The smallest absolute Gasteiger partial charge is 0.192 e. The minimum Gasteiger partial charge on any atom is -0.413 e. The van der Waals surface area contributed by atoms with E-state index in [1.807, 2.05) is 0 Å². The Labute approximate surface area is 184 Å². The largest absolute Gasteiger partial charge is 0.413 e. The Bertz CT molecular complexity index is 729. The summed E-state index contributed by atoms with van der Waals surface area (Å²) in [5.41, 5.74) is 0.814. The quantitative estimate of drug-likeness (QED) is 0.345. The zero-order valence-electron chi connectivity index (χ0n) is 19.4. The van der Waals surface area contributed by atoms with Crippen LogP contribution in [-0.2, 0) is 9.22 Å². The molecule has 8 atom stereocenters. The van der Waals surface area contributed by atoms with E-state index in [0.717, 1.165) is 37.0 Å². The first kappa shape index (κ1) is 21.0. The van der Waals surface area contributed by atoms with Gasteiger partial charge in [-0.2, -0.15) is 0 Å². The molecule has 0 aromatic heterocycles. The van der Waals surface area contributed by atoms with Gasteiger partial charge in [0.1, 0.15) is 5.78 Å². The molecule has 0 radical (unpaired) electrons. The molecule has 0 N–H and O–H groups in total. The zero-order valence-corrected chi connectivity index (χ0v) is 21.2. The number of ketones is 1. The molecule has 29 heavy (non-hydrogen) atoms. The number of hydrogen-bond acceptors (Lipinski definition) is 2. The maximum absolute atomic E-state index is 12.3. The van der Waals surface area contributed by atoms with E-state index in [1.165, 1.54) is 38.5 Å². The molecule has 0 unspecified atom stereocenters. The SMILES string of the molecule is CC(C)(C)[Si](C)(C)O[C@H]1CC[C@H]2[C@@H]3CC[C@]45CC(=O)CC[C@@]4([C@H]3CC[C@]12C)[C@H]5Cl. The molecule has 5 rings (SSSR count). The van der Waals surface area contributed by atoms with Gasteiger partial charge < -0.3 is 4.43 Å². The predicted octanol–water partition coefficient (Wildman–Crippen LogP) is 6.96. The van der Waals surface area contributed by atoms with Crippen LogP contribution in [0, 0.1) is 34.0 Å². The average Bonchev–Trinajstić information content (AvgIpc) is 3.00. The first-order valence-corrected chi connectivity index (χ1v) is 15.6. The van der Waals surface area contributed by atoms with Crippen molar-refractivity contribution in [2.24, 2.45) is 34.0 Å². The first-order valence-electron chi connectivity index (χ1n) is 12.2. The molecule has 0 spiro atoms. The summed E-state index contributed by atoms with van der Waals surface area (Å²) < 4.78 is 7.06. The van der Waals surface area contributed by atoms with Crippen LogP contribution in [-0.4, -0.2) is 25.6 Å². The predicted molar refractivity (Wildman–Crippen MR) is 122 cm³/mol. The van der Waals surface area contributed by atoms with E-state index in [2.05, 4.69) is 40.8 Å². The third-order valence-electron chi connectivity index (χ3n) is 11.3. The van der Waals surface area contributed by atoms with Crippen molar-refractivity contribution in [3.63, 3.8) is 0 Å². The number of fused-ring (bicyclic) bond motifs is 3. The zero-order chi connectivity index (χ0) is 21.0. The summed E-state index contributed by atoms with van der Waals surface area (Å²) in [7, 11) is -1.75. The molecule has 5 saturated carbocycles. The Morgan fingerprint density at radius 1 is 1.03 bits per heavy atom. The van der Waals surface area contributed by atoms with Gasteiger partial charge in [-0.1, -0.05) is 27.7 Å². The van der Waals surface area contributed by atoms with Crippen molar-refractivity contribution in [2.45, 2.75) is 115 Å². The highest BCUT2D eigenvalue weighted by Gasteiger charge is 2.82. The second-order valence-electron chi connectivity index (χ2n) is 13.2. The Morgan fingerprint density at radius 2 is 1.76 bits per heavy atom. The summed E-state index contributed by atoms with van der Waals surface area (Å²) in [5.74, 6) is 2.85. The third-order valence-corrected chi connectivity index (χ3v) is 16.6. The molecular weight excluding hydrogens is 396 g/mol. The number of carbonyl (C=O) groups is 1. The summed E-state index contributed by atoms with van der Waals surface area (Å²) in [6, 6.07) is 0. The standard InChI is InChI=1S/C25H41ClO2Si/c1-22(2,3)29(5,6)28-20-8-7-18-17-10-13-24-15-16(27)9-14-25(24,21(24)26)19(17)11-12-23(18,20)4/h17-21H,7-15H2,1-6H3/t17-,18-,19-,20-,21-,23-,24+,25+/m0/s1. The lowest BCUT2D eigenvalue weighted by atomic mass is 9.50. The molecule has 5 fully saturated rings. The fourth-order valence-electron chi connectivity index (χ4n) is 8.67. The Kier molecular flexibility index (Phi) is 4.44. The van der Waals surface area contributed by atoms with Crippen LogP contribution in [0.4, 0.5) is 0 Å². The number of Topliss-reactive ketones (excluding diaryl/α,β-unsaturated/α-hetero) is 1. The molecule has 164 valence electrons. The Hall–Kier alpha value is 0.137. The summed E-state index contributed by atoms with van der Waals surface area (Å²) >= 11 is 7.07.